The van der Waals surface area contributed by atoms with Crippen LogP contribution in [0.1, 0.15) is 23.9 Å². The van der Waals surface area contributed by atoms with Crippen molar-refractivity contribution < 1.29 is 8.42 Å². The number of hydrogen-bond donors (Lipinski definition) is 2. The third-order valence-corrected chi connectivity index (χ3v) is 5.27. The highest BCUT2D eigenvalue weighted by atomic mass is 32.2. The zero-order chi connectivity index (χ0) is 14.5. The lowest BCUT2D eigenvalue weighted by Crippen LogP contribution is -2.34. The van der Waals surface area contributed by atoms with Gasteiger partial charge in [-0.05, 0) is 33.4 Å². The monoisotopic (exact) mass is 306 g/mol. The molecule has 6 nitrogen and oxygen atoms in total. The molecule has 1 rings (SSSR count). The molecule has 1 heterocycles. The van der Waals surface area contributed by atoms with Crippen LogP contribution in [0.2, 0.25) is 0 Å². The van der Waals surface area contributed by atoms with E-state index in [2.05, 4.69) is 15.0 Å². The predicted octanol–water partition coefficient (Wildman–Crippen LogP) is 1.21. The summed E-state index contributed by atoms with van der Waals surface area (Å²) in [6.07, 6.45) is 1.58. The smallest absolute Gasteiger partial charge is 0.303 e. The van der Waals surface area contributed by atoms with Gasteiger partial charge in [-0.2, -0.15) is 12.7 Å². The van der Waals surface area contributed by atoms with Crippen LogP contribution in [-0.4, -0.2) is 44.9 Å². The standard InChI is InChI=1S/C11H22N4O2S2/c1-5-10-9(2)18-11(13-10)14-19(16,17)15(4)8-6-7-12-3/h12H,5-8H2,1-4H3,(H,13,14). The van der Waals surface area contributed by atoms with Crippen molar-refractivity contribution in [1.29, 1.82) is 0 Å². The van der Waals surface area contributed by atoms with E-state index in [0.29, 0.717) is 11.7 Å². The molecule has 110 valence electrons. The first-order valence-electron chi connectivity index (χ1n) is 6.25. The zero-order valence-electron chi connectivity index (χ0n) is 11.9. The van der Waals surface area contributed by atoms with Crippen LogP contribution in [0.4, 0.5) is 5.13 Å². The van der Waals surface area contributed by atoms with Gasteiger partial charge in [-0.15, -0.1) is 11.3 Å². The fraction of sp³-hybridized carbons (Fsp3) is 0.727. The van der Waals surface area contributed by atoms with Crippen LogP contribution in [0.5, 0.6) is 0 Å². The first-order chi connectivity index (χ1) is 8.90. The lowest BCUT2D eigenvalue weighted by atomic mass is 10.3. The van der Waals surface area contributed by atoms with Crippen LogP contribution in [0, 0.1) is 6.92 Å². The first kappa shape index (κ1) is 16.4. The van der Waals surface area contributed by atoms with E-state index in [1.807, 2.05) is 20.9 Å². The summed E-state index contributed by atoms with van der Waals surface area (Å²) in [4.78, 5) is 5.34. The van der Waals surface area contributed by atoms with Crippen LogP contribution >= 0.6 is 11.3 Å². The summed E-state index contributed by atoms with van der Waals surface area (Å²) < 4.78 is 28.0. The van der Waals surface area contributed by atoms with Crippen molar-refractivity contribution >= 4 is 26.7 Å². The van der Waals surface area contributed by atoms with E-state index in [-0.39, 0.29) is 0 Å². The summed E-state index contributed by atoms with van der Waals surface area (Å²) in [6.45, 7) is 5.21. The molecule has 1 aromatic heterocycles. The average molecular weight is 306 g/mol. The second kappa shape index (κ2) is 7.18. The van der Waals surface area contributed by atoms with Crippen molar-refractivity contribution in [2.75, 3.05) is 31.9 Å². The van der Waals surface area contributed by atoms with Gasteiger partial charge < -0.3 is 5.32 Å². The van der Waals surface area contributed by atoms with Crippen LogP contribution in [0.3, 0.4) is 0 Å². The van der Waals surface area contributed by atoms with Crippen molar-refractivity contribution in [2.45, 2.75) is 26.7 Å². The van der Waals surface area contributed by atoms with Gasteiger partial charge >= 0.3 is 10.2 Å². The molecular formula is C11H22N4O2S2. The molecule has 0 radical (unpaired) electrons. The number of rotatable bonds is 8. The zero-order valence-corrected chi connectivity index (χ0v) is 13.5. The minimum Gasteiger partial charge on any atom is -0.320 e. The molecule has 19 heavy (non-hydrogen) atoms. The van der Waals surface area contributed by atoms with Gasteiger partial charge in [-0.3, -0.25) is 0 Å². The second-order valence-corrected chi connectivity index (χ2v) is 7.24. The van der Waals surface area contributed by atoms with E-state index in [4.69, 9.17) is 0 Å². The molecule has 0 aliphatic carbocycles. The quantitative estimate of drug-likeness (QED) is 0.708. The number of aromatic nitrogens is 1. The van der Waals surface area contributed by atoms with Crippen LogP contribution in [0.25, 0.3) is 0 Å². The number of thiazole rings is 1. The van der Waals surface area contributed by atoms with E-state index >= 15 is 0 Å². The highest BCUT2D eigenvalue weighted by Crippen LogP contribution is 2.23. The van der Waals surface area contributed by atoms with Gasteiger partial charge in [0.1, 0.15) is 0 Å². The molecule has 2 N–H and O–H groups in total. The summed E-state index contributed by atoms with van der Waals surface area (Å²) in [5.41, 5.74) is 0.945. The fourth-order valence-electron chi connectivity index (χ4n) is 1.59. The Morgan fingerprint density at radius 3 is 2.63 bits per heavy atom. The second-order valence-electron chi connectivity index (χ2n) is 4.26. The lowest BCUT2D eigenvalue weighted by molar-refractivity contribution is 0.462. The Morgan fingerprint density at radius 1 is 1.42 bits per heavy atom. The molecule has 0 fully saturated rings. The van der Waals surface area contributed by atoms with Crippen molar-refractivity contribution in [3.63, 3.8) is 0 Å². The molecule has 0 saturated heterocycles. The van der Waals surface area contributed by atoms with Crippen LogP contribution < -0.4 is 10.0 Å². The number of nitrogens with zero attached hydrogens (tertiary/aromatic N) is 2. The summed E-state index contributed by atoms with van der Waals surface area (Å²) in [5, 5.41) is 3.43. The minimum absolute atomic E-state index is 0.440. The number of aryl methyl sites for hydroxylation is 2. The van der Waals surface area contributed by atoms with Crippen LogP contribution in [-0.2, 0) is 16.6 Å². The summed E-state index contributed by atoms with van der Waals surface area (Å²) in [5.74, 6) is 0. The van der Waals surface area contributed by atoms with Gasteiger partial charge in [0, 0.05) is 18.5 Å². The molecule has 0 saturated carbocycles. The maximum atomic E-state index is 12.1. The summed E-state index contributed by atoms with van der Waals surface area (Å²) in [7, 11) is -0.0887. The molecule has 0 amide bonds. The van der Waals surface area contributed by atoms with Crippen molar-refractivity contribution in [3.05, 3.63) is 10.6 Å². The molecule has 1 aromatic rings. The molecule has 0 atom stereocenters. The molecule has 0 aromatic carbocycles. The SMILES string of the molecule is CCc1nc(NS(=O)(=O)N(C)CCCNC)sc1C. The van der Waals surface area contributed by atoms with Crippen LogP contribution in [0.15, 0.2) is 0 Å². The van der Waals surface area contributed by atoms with Gasteiger partial charge in [-0.1, -0.05) is 6.92 Å². The van der Waals surface area contributed by atoms with Gasteiger partial charge in [0.2, 0.25) is 0 Å². The van der Waals surface area contributed by atoms with E-state index in [0.717, 1.165) is 30.0 Å². The number of hydrogen-bond acceptors (Lipinski definition) is 5. The van der Waals surface area contributed by atoms with Gasteiger partial charge in [0.05, 0.1) is 5.69 Å². The molecule has 0 bridgehead atoms. The Labute approximate surface area is 119 Å². The Morgan fingerprint density at radius 2 is 2.11 bits per heavy atom. The number of anilines is 1. The maximum Gasteiger partial charge on any atom is 0.303 e. The fourth-order valence-corrected chi connectivity index (χ4v) is 3.61. The highest BCUT2D eigenvalue weighted by molar-refractivity contribution is 7.90. The summed E-state index contributed by atoms with van der Waals surface area (Å²) in [6, 6.07) is 0. The Kier molecular flexibility index (Phi) is 6.18. The average Bonchev–Trinajstić information content (AvgIpc) is 2.68. The van der Waals surface area contributed by atoms with Gasteiger partial charge in [-0.25, -0.2) is 9.71 Å². The van der Waals surface area contributed by atoms with Gasteiger partial charge in [0.25, 0.3) is 0 Å². The van der Waals surface area contributed by atoms with E-state index < -0.39 is 10.2 Å². The number of nitrogens with one attached hydrogen (secondary N) is 2. The van der Waals surface area contributed by atoms with Crippen molar-refractivity contribution in [1.82, 2.24) is 14.6 Å². The van der Waals surface area contributed by atoms with Crippen molar-refractivity contribution in [3.8, 4) is 0 Å². The maximum absolute atomic E-state index is 12.1. The Balaban J connectivity index is 2.67. The highest BCUT2D eigenvalue weighted by Gasteiger charge is 2.19. The third kappa shape index (κ3) is 4.72. The van der Waals surface area contributed by atoms with E-state index in [9.17, 15) is 8.42 Å². The molecule has 0 unspecified atom stereocenters. The first-order valence-corrected chi connectivity index (χ1v) is 8.51. The molecule has 0 aliphatic rings. The Hall–Kier alpha value is -0.700. The largest absolute Gasteiger partial charge is 0.320 e. The van der Waals surface area contributed by atoms with Crippen molar-refractivity contribution in [2.24, 2.45) is 0 Å². The normalized spacial score (nSPS) is 12.1. The molecule has 8 heteroatoms. The topological polar surface area (TPSA) is 74.3 Å². The summed E-state index contributed by atoms with van der Waals surface area (Å²) >= 11 is 1.37. The Bertz CT molecular complexity index is 499. The lowest BCUT2D eigenvalue weighted by Gasteiger charge is -2.16. The van der Waals surface area contributed by atoms with Gasteiger partial charge in [0.15, 0.2) is 5.13 Å². The third-order valence-electron chi connectivity index (χ3n) is 2.75. The van der Waals surface area contributed by atoms with E-state index in [1.165, 1.54) is 15.6 Å². The minimum atomic E-state index is -3.50. The molecule has 0 spiro atoms. The molecular weight excluding hydrogens is 284 g/mol. The van der Waals surface area contributed by atoms with E-state index in [1.54, 1.807) is 7.05 Å². The molecule has 0 aliphatic heterocycles. The predicted molar refractivity (Wildman–Crippen MR) is 79.9 cm³/mol.